The number of carbonyl (C=O) groups is 1. The first kappa shape index (κ1) is 13.5. The number of hydrogen-bond donors (Lipinski definition) is 2. The molecule has 1 unspecified atom stereocenters. The monoisotopic (exact) mass is 260 g/mol. The maximum Gasteiger partial charge on any atom is 0.273 e. The topological polar surface area (TPSA) is 73.7 Å². The minimum Gasteiger partial charge on any atom is -0.396 e. The molecular formula is C14H16N2O3. The highest BCUT2D eigenvalue weighted by Crippen LogP contribution is 2.18. The van der Waals surface area contributed by atoms with Crippen molar-refractivity contribution in [2.75, 3.05) is 26.3 Å². The Morgan fingerprint density at radius 2 is 2.37 bits per heavy atom. The Morgan fingerprint density at radius 1 is 1.53 bits per heavy atom. The van der Waals surface area contributed by atoms with Crippen molar-refractivity contribution in [2.24, 2.45) is 5.92 Å². The molecule has 100 valence electrons. The summed E-state index contributed by atoms with van der Waals surface area (Å²) in [4.78, 5) is 18.1. The zero-order valence-corrected chi connectivity index (χ0v) is 10.5. The number of pyridine rings is 1. The van der Waals surface area contributed by atoms with Crippen LogP contribution in [0.15, 0.2) is 18.3 Å². The van der Waals surface area contributed by atoms with Gasteiger partial charge in [-0.15, -0.1) is 0 Å². The first-order valence-corrected chi connectivity index (χ1v) is 6.21. The van der Waals surface area contributed by atoms with Gasteiger partial charge in [-0.3, -0.25) is 4.79 Å². The van der Waals surface area contributed by atoms with Crippen LogP contribution < -0.4 is 0 Å². The van der Waals surface area contributed by atoms with Gasteiger partial charge in [-0.1, -0.05) is 11.8 Å². The Bertz CT molecular complexity index is 519. The Morgan fingerprint density at radius 3 is 3.05 bits per heavy atom. The second kappa shape index (κ2) is 6.32. The number of carbonyl (C=O) groups excluding carboxylic acids is 1. The lowest BCUT2D eigenvalue weighted by atomic mass is 10.1. The second-order valence-electron chi connectivity index (χ2n) is 4.45. The molecule has 1 amide bonds. The molecule has 0 bridgehead atoms. The SMILES string of the molecule is O=C(c1ncccc1C#CCO)N1CCC(CO)C1. The van der Waals surface area contributed by atoms with Gasteiger partial charge in [0.25, 0.3) is 5.91 Å². The third kappa shape index (κ3) is 3.11. The molecular weight excluding hydrogens is 244 g/mol. The highest BCUT2D eigenvalue weighted by Gasteiger charge is 2.28. The third-order valence-corrected chi connectivity index (χ3v) is 3.14. The summed E-state index contributed by atoms with van der Waals surface area (Å²) in [5, 5.41) is 17.8. The standard InChI is InChI=1S/C14H16N2O3/c17-8-2-4-12-3-1-6-15-13(12)14(19)16-7-5-11(9-16)10-18/h1,3,6,11,17-18H,5,7-10H2. The number of amides is 1. The molecule has 2 N–H and O–H groups in total. The first-order chi connectivity index (χ1) is 9.26. The largest absolute Gasteiger partial charge is 0.396 e. The molecule has 2 rings (SSSR count). The molecule has 2 heterocycles. The predicted octanol–water partition coefficient (Wildman–Crippen LogP) is -0.120. The van der Waals surface area contributed by atoms with Crippen LogP contribution in [-0.2, 0) is 0 Å². The minimum absolute atomic E-state index is 0.100. The lowest BCUT2D eigenvalue weighted by molar-refractivity contribution is 0.0776. The van der Waals surface area contributed by atoms with E-state index in [0.29, 0.717) is 24.3 Å². The molecule has 0 radical (unpaired) electrons. The van der Waals surface area contributed by atoms with Gasteiger partial charge in [0.05, 0.1) is 5.56 Å². The van der Waals surface area contributed by atoms with Gasteiger partial charge in [-0.25, -0.2) is 4.98 Å². The summed E-state index contributed by atoms with van der Waals surface area (Å²) in [5.41, 5.74) is 0.830. The van der Waals surface area contributed by atoms with E-state index < -0.39 is 0 Å². The summed E-state index contributed by atoms with van der Waals surface area (Å²) in [6, 6.07) is 3.42. The maximum atomic E-state index is 12.3. The molecule has 1 atom stereocenters. The average Bonchev–Trinajstić information content (AvgIpc) is 2.93. The smallest absolute Gasteiger partial charge is 0.273 e. The average molecular weight is 260 g/mol. The Balaban J connectivity index is 2.20. The molecule has 19 heavy (non-hydrogen) atoms. The fourth-order valence-electron chi connectivity index (χ4n) is 2.13. The lowest BCUT2D eigenvalue weighted by Crippen LogP contribution is -2.30. The van der Waals surface area contributed by atoms with Gasteiger partial charge < -0.3 is 15.1 Å². The molecule has 1 aromatic heterocycles. The van der Waals surface area contributed by atoms with Crippen molar-refractivity contribution in [2.45, 2.75) is 6.42 Å². The molecule has 0 aromatic carbocycles. The number of aromatic nitrogens is 1. The normalized spacial score (nSPS) is 18.0. The van der Waals surface area contributed by atoms with Crippen LogP contribution in [-0.4, -0.2) is 52.3 Å². The molecule has 1 saturated heterocycles. The Hall–Kier alpha value is -1.90. The van der Waals surface area contributed by atoms with E-state index in [4.69, 9.17) is 10.2 Å². The van der Waals surface area contributed by atoms with Crippen LogP contribution in [0.2, 0.25) is 0 Å². The maximum absolute atomic E-state index is 12.3. The zero-order valence-electron chi connectivity index (χ0n) is 10.5. The third-order valence-electron chi connectivity index (χ3n) is 3.14. The lowest BCUT2D eigenvalue weighted by Gasteiger charge is -2.16. The van der Waals surface area contributed by atoms with Gasteiger partial charge >= 0.3 is 0 Å². The van der Waals surface area contributed by atoms with Gasteiger partial charge in [0.15, 0.2) is 0 Å². The predicted molar refractivity (Wildman–Crippen MR) is 69.3 cm³/mol. The fourth-order valence-corrected chi connectivity index (χ4v) is 2.13. The molecule has 1 fully saturated rings. The summed E-state index contributed by atoms with van der Waals surface area (Å²) in [6.07, 6.45) is 2.36. The number of aliphatic hydroxyl groups is 2. The molecule has 0 spiro atoms. The first-order valence-electron chi connectivity index (χ1n) is 6.21. The fraction of sp³-hybridized carbons (Fsp3) is 0.429. The van der Waals surface area contributed by atoms with Gasteiger partial charge in [-0.05, 0) is 18.6 Å². The van der Waals surface area contributed by atoms with Crippen molar-refractivity contribution >= 4 is 5.91 Å². The Labute approximate surface area is 111 Å². The van der Waals surface area contributed by atoms with Gasteiger partial charge in [0.1, 0.15) is 12.3 Å². The minimum atomic E-state index is -0.251. The van der Waals surface area contributed by atoms with Crippen molar-refractivity contribution in [3.05, 3.63) is 29.6 Å². The van der Waals surface area contributed by atoms with Gasteiger partial charge in [-0.2, -0.15) is 0 Å². The van der Waals surface area contributed by atoms with Crippen molar-refractivity contribution < 1.29 is 15.0 Å². The number of likely N-dealkylation sites (tertiary alicyclic amines) is 1. The highest BCUT2D eigenvalue weighted by molar-refractivity contribution is 5.94. The van der Waals surface area contributed by atoms with Crippen LogP contribution in [0.5, 0.6) is 0 Å². The van der Waals surface area contributed by atoms with E-state index in [2.05, 4.69) is 16.8 Å². The summed E-state index contributed by atoms with van der Waals surface area (Å²) in [7, 11) is 0. The highest BCUT2D eigenvalue weighted by atomic mass is 16.3. The van der Waals surface area contributed by atoms with E-state index in [1.165, 1.54) is 0 Å². The number of nitrogens with zero attached hydrogens (tertiary/aromatic N) is 2. The summed E-state index contributed by atoms with van der Waals surface area (Å²) in [6.45, 7) is 1.04. The number of rotatable bonds is 2. The molecule has 5 nitrogen and oxygen atoms in total. The number of hydrogen-bond acceptors (Lipinski definition) is 4. The number of aliphatic hydroxyl groups excluding tert-OH is 2. The summed E-state index contributed by atoms with van der Waals surface area (Å²) in [5.74, 6) is 5.24. The van der Waals surface area contributed by atoms with E-state index in [-0.39, 0.29) is 25.0 Å². The van der Waals surface area contributed by atoms with Crippen molar-refractivity contribution in [1.82, 2.24) is 9.88 Å². The van der Waals surface area contributed by atoms with E-state index in [9.17, 15) is 4.79 Å². The molecule has 0 aliphatic carbocycles. The molecule has 1 aliphatic heterocycles. The van der Waals surface area contributed by atoms with Gasteiger partial charge in [0, 0.05) is 31.8 Å². The van der Waals surface area contributed by atoms with E-state index in [0.717, 1.165) is 6.42 Å². The summed E-state index contributed by atoms with van der Waals surface area (Å²) >= 11 is 0. The van der Waals surface area contributed by atoms with Crippen LogP contribution in [0.4, 0.5) is 0 Å². The quantitative estimate of drug-likeness (QED) is 0.727. The van der Waals surface area contributed by atoms with Gasteiger partial charge in [0.2, 0.25) is 0 Å². The molecule has 1 aromatic rings. The van der Waals surface area contributed by atoms with Crippen molar-refractivity contribution in [3.8, 4) is 11.8 Å². The molecule has 0 saturated carbocycles. The Kier molecular flexibility index (Phi) is 4.50. The summed E-state index contributed by atoms with van der Waals surface area (Å²) < 4.78 is 0. The molecule has 1 aliphatic rings. The van der Waals surface area contributed by atoms with E-state index in [1.807, 2.05) is 0 Å². The second-order valence-corrected chi connectivity index (χ2v) is 4.45. The van der Waals surface area contributed by atoms with Crippen LogP contribution in [0.3, 0.4) is 0 Å². The van der Waals surface area contributed by atoms with Crippen molar-refractivity contribution in [3.63, 3.8) is 0 Å². The zero-order chi connectivity index (χ0) is 13.7. The van der Waals surface area contributed by atoms with E-state index >= 15 is 0 Å². The van der Waals surface area contributed by atoms with Crippen LogP contribution in [0.1, 0.15) is 22.5 Å². The molecule has 5 heteroatoms. The van der Waals surface area contributed by atoms with Crippen LogP contribution in [0.25, 0.3) is 0 Å². The van der Waals surface area contributed by atoms with Crippen LogP contribution in [0, 0.1) is 17.8 Å². The van der Waals surface area contributed by atoms with E-state index in [1.54, 1.807) is 23.2 Å². The van der Waals surface area contributed by atoms with Crippen molar-refractivity contribution in [1.29, 1.82) is 0 Å². The van der Waals surface area contributed by atoms with Crippen LogP contribution >= 0.6 is 0 Å².